The van der Waals surface area contributed by atoms with Crippen LogP contribution >= 0.6 is 0 Å². The van der Waals surface area contributed by atoms with Gasteiger partial charge in [-0.15, -0.1) is 0 Å². The zero-order valence-electron chi connectivity index (χ0n) is 13.5. The number of benzene rings is 2. The number of hydrogen-bond donors (Lipinski definition) is 1. The summed E-state index contributed by atoms with van der Waals surface area (Å²) in [7, 11) is 0. The van der Waals surface area contributed by atoms with Crippen LogP contribution < -0.4 is 5.32 Å². The summed E-state index contributed by atoms with van der Waals surface area (Å²) in [6, 6.07) is 14.2. The maximum Gasteiger partial charge on any atom is 0.0401 e. The Morgan fingerprint density at radius 3 is 1.95 bits per heavy atom. The molecule has 0 saturated heterocycles. The summed E-state index contributed by atoms with van der Waals surface area (Å²) in [5.41, 5.74) is 8.27. The van der Waals surface area contributed by atoms with Gasteiger partial charge in [0.15, 0.2) is 0 Å². The molecule has 3 rings (SSSR count). The highest BCUT2D eigenvalue weighted by molar-refractivity contribution is 5.59. The van der Waals surface area contributed by atoms with Gasteiger partial charge in [0.25, 0.3) is 0 Å². The van der Waals surface area contributed by atoms with Crippen LogP contribution in [0, 0.1) is 27.7 Å². The molecular formula is C20H25N. The fourth-order valence-corrected chi connectivity index (χ4v) is 3.46. The second kappa shape index (κ2) is 5.55. The fraction of sp³-hybridized carbons (Fsp3) is 0.400. The number of rotatable bonds is 3. The Morgan fingerprint density at radius 1 is 0.810 bits per heavy atom. The summed E-state index contributed by atoms with van der Waals surface area (Å²) < 4.78 is 0. The van der Waals surface area contributed by atoms with Gasteiger partial charge >= 0.3 is 0 Å². The van der Waals surface area contributed by atoms with Crippen molar-refractivity contribution in [2.45, 2.75) is 52.5 Å². The van der Waals surface area contributed by atoms with E-state index in [4.69, 9.17) is 0 Å². The van der Waals surface area contributed by atoms with E-state index >= 15 is 0 Å². The molecule has 1 fully saturated rings. The number of nitrogens with one attached hydrogen (secondary N) is 1. The van der Waals surface area contributed by atoms with Gasteiger partial charge in [0.05, 0.1) is 0 Å². The monoisotopic (exact) mass is 279 g/mol. The van der Waals surface area contributed by atoms with Gasteiger partial charge in [-0.3, -0.25) is 0 Å². The molecule has 21 heavy (non-hydrogen) atoms. The molecule has 1 heteroatoms. The van der Waals surface area contributed by atoms with Crippen molar-refractivity contribution in [3.8, 4) is 0 Å². The van der Waals surface area contributed by atoms with Gasteiger partial charge in [-0.2, -0.15) is 0 Å². The van der Waals surface area contributed by atoms with E-state index in [9.17, 15) is 0 Å². The van der Waals surface area contributed by atoms with E-state index in [0.29, 0.717) is 6.04 Å². The lowest BCUT2D eigenvalue weighted by Gasteiger charge is -2.37. The van der Waals surface area contributed by atoms with Gasteiger partial charge in [0.1, 0.15) is 0 Å². The molecule has 1 saturated carbocycles. The summed E-state index contributed by atoms with van der Waals surface area (Å²) in [6.45, 7) is 8.73. The Bertz CT molecular complexity index is 610. The van der Waals surface area contributed by atoms with Crippen molar-refractivity contribution in [2.75, 3.05) is 5.32 Å². The van der Waals surface area contributed by atoms with Gasteiger partial charge in [-0.25, -0.2) is 0 Å². The minimum absolute atomic E-state index is 0.622. The minimum Gasteiger partial charge on any atom is -0.382 e. The number of aryl methyl sites for hydroxylation is 4. The summed E-state index contributed by atoms with van der Waals surface area (Å²) in [4.78, 5) is 0. The molecule has 0 amide bonds. The quantitative estimate of drug-likeness (QED) is 0.806. The molecule has 110 valence electrons. The van der Waals surface area contributed by atoms with E-state index in [1.807, 2.05) is 0 Å². The highest BCUT2D eigenvalue weighted by atomic mass is 14.9. The Morgan fingerprint density at radius 2 is 1.38 bits per heavy atom. The van der Waals surface area contributed by atoms with E-state index < -0.39 is 0 Å². The molecule has 0 heterocycles. The van der Waals surface area contributed by atoms with Gasteiger partial charge in [-0.05, 0) is 63.1 Å². The molecule has 0 aliphatic heterocycles. The third-order valence-corrected chi connectivity index (χ3v) is 4.71. The van der Waals surface area contributed by atoms with Crippen LogP contribution in [-0.2, 0) is 0 Å². The number of hydrogen-bond acceptors (Lipinski definition) is 1. The van der Waals surface area contributed by atoms with Crippen molar-refractivity contribution in [1.82, 2.24) is 0 Å². The first-order valence-corrected chi connectivity index (χ1v) is 7.94. The molecule has 1 N–H and O–H groups in total. The average molecular weight is 279 g/mol. The number of anilines is 1. The van der Waals surface area contributed by atoms with Crippen LogP contribution in [0.3, 0.4) is 0 Å². The molecule has 0 unspecified atom stereocenters. The summed E-state index contributed by atoms with van der Waals surface area (Å²) in [6.07, 6.45) is 2.49. The van der Waals surface area contributed by atoms with Crippen LogP contribution in [0.4, 0.5) is 5.69 Å². The maximum atomic E-state index is 3.75. The van der Waals surface area contributed by atoms with E-state index in [-0.39, 0.29) is 0 Å². The molecule has 0 bridgehead atoms. The first-order chi connectivity index (χ1) is 10.0. The van der Waals surface area contributed by atoms with Crippen molar-refractivity contribution in [3.63, 3.8) is 0 Å². The highest BCUT2D eigenvalue weighted by Gasteiger charge is 2.30. The molecule has 0 spiro atoms. The van der Waals surface area contributed by atoms with Crippen LogP contribution in [0.25, 0.3) is 0 Å². The lowest BCUT2D eigenvalue weighted by Crippen LogP contribution is -2.34. The molecule has 1 aliphatic carbocycles. The second-order valence-electron chi connectivity index (χ2n) is 6.69. The Balaban J connectivity index is 1.64. The van der Waals surface area contributed by atoms with Gasteiger partial charge < -0.3 is 5.32 Å². The predicted octanol–water partition coefficient (Wildman–Crippen LogP) is 5.28. The van der Waals surface area contributed by atoms with E-state index in [2.05, 4.69) is 69.4 Å². The zero-order chi connectivity index (χ0) is 15.0. The molecule has 1 aliphatic rings. The van der Waals surface area contributed by atoms with Crippen LogP contribution in [0.15, 0.2) is 36.4 Å². The SMILES string of the molecule is Cc1ccc(C2CC(Nc3c(C)cc(C)cc3C)C2)cc1. The molecule has 0 atom stereocenters. The summed E-state index contributed by atoms with van der Waals surface area (Å²) in [5.74, 6) is 0.731. The van der Waals surface area contributed by atoms with E-state index in [0.717, 1.165) is 5.92 Å². The Kier molecular flexibility index (Phi) is 3.75. The standard InChI is InChI=1S/C20H25N/c1-13-5-7-17(8-6-13)18-11-19(12-18)21-20-15(3)9-14(2)10-16(20)4/h5-10,18-19,21H,11-12H2,1-4H3. The van der Waals surface area contributed by atoms with Gasteiger partial charge in [-0.1, -0.05) is 47.5 Å². The van der Waals surface area contributed by atoms with E-state index in [1.54, 1.807) is 0 Å². The normalized spacial score (nSPS) is 21.0. The smallest absolute Gasteiger partial charge is 0.0401 e. The largest absolute Gasteiger partial charge is 0.382 e. The predicted molar refractivity (Wildman–Crippen MR) is 91.2 cm³/mol. The third kappa shape index (κ3) is 2.97. The van der Waals surface area contributed by atoms with Crippen molar-refractivity contribution < 1.29 is 0 Å². The molecular weight excluding hydrogens is 254 g/mol. The zero-order valence-corrected chi connectivity index (χ0v) is 13.5. The van der Waals surface area contributed by atoms with Crippen LogP contribution in [0.1, 0.15) is 46.6 Å². The first kappa shape index (κ1) is 14.2. The van der Waals surface area contributed by atoms with Crippen molar-refractivity contribution >= 4 is 5.69 Å². The second-order valence-corrected chi connectivity index (χ2v) is 6.69. The first-order valence-electron chi connectivity index (χ1n) is 7.94. The van der Waals surface area contributed by atoms with E-state index in [1.165, 1.54) is 46.3 Å². The van der Waals surface area contributed by atoms with Crippen LogP contribution in [0.2, 0.25) is 0 Å². The third-order valence-electron chi connectivity index (χ3n) is 4.71. The lowest BCUT2D eigenvalue weighted by molar-refractivity contribution is 0.374. The average Bonchev–Trinajstić information content (AvgIpc) is 2.37. The molecule has 2 aromatic carbocycles. The van der Waals surface area contributed by atoms with Gasteiger partial charge in [0, 0.05) is 11.7 Å². The summed E-state index contributed by atoms with van der Waals surface area (Å²) in [5, 5.41) is 3.75. The van der Waals surface area contributed by atoms with Crippen molar-refractivity contribution in [3.05, 3.63) is 64.2 Å². The minimum atomic E-state index is 0.622. The lowest BCUT2D eigenvalue weighted by atomic mass is 9.75. The van der Waals surface area contributed by atoms with Crippen LogP contribution in [-0.4, -0.2) is 6.04 Å². The topological polar surface area (TPSA) is 12.0 Å². The van der Waals surface area contributed by atoms with Crippen LogP contribution in [0.5, 0.6) is 0 Å². The molecule has 2 aromatic rings. The van der Waals surface area contributed by atoms with Gasteiger partial charge in [0.2, 0.25) is 0 Å². The van der Waals surface area contributed by atoms with Crippen molar-refractivity contribution in [1.29, 1.82) is 0 Å². The Hall–Kier alpha value is -1.76. The van der Waals surface area contributed by atoms with Crippen molar-refractivity contribution in [2.24, 2.45) is 0 Å². The maximum absolute atomic E-state index is 3.75. The molecule has 0 radical (unpaired) electrons. The Labute approximate surface area is 128 Å². The molecule has 0 aromatic heterocycles. The fourth-order valence-electron chi connectivity index (χ4n) is 3.46. The molecule has 1 nitrogen and oxygen atoms in total. The summed E-state index contributed by atoms with van der Waals surface area (Å²) >= 11 is 0. The highest BCUT2D eigenvalue weighted by Crippen LogP contribution is 2.39.